The number of ether oxygens (including phenoxy) is 1. The molecule has 1 atom stereocenters. The van der Waals surface area contributed by atoms with Gasteiger partial charge in [0.25, 0.3) is 5.56 Å². The van der Waals surface area contributed by atoms with E-state index in [1.54, 1.807) is 24.9 Å². The standard InChI is InChI=1S/C39H45N7O3/c1-5-18-41-38(2)16-22-45(23-17-38)29-14-20-46(21-15-29)37-42-33-12-11-27(32-25-44(3)36(48)34-30(32)13-19-40-34)24-31(33)35(43-37)39(26-47,49-4)28-9-7-6-8-10-28/h1,6-13,19,24-25,29,40-41,47H,14-18,20-23,26H2,2-4H3/t39-/m0/s1. The number of rotatable bonds is 9. The zero-order valence-corrected chi connectivity index (χ0v) is 28.6. The maximum Gasteiger partial charge on any atom is 0.274 e. The van der Waals surface area contributed by atoms with E-state index in [0.29, 0.717) is 29.7 Å². The Kier molecular flexibility index (Phi) is 9.03. The Hall–Kier alpha value is -4.53. The number of piperidine rings is 2. The van der Waals surface area contributed by atoms with Crippen LogP contribution in [0.3, 0.4) is 0 Å². The molecule has 254 valence electrons. The van der Waals surface area contributed by atoms with Gasteiger partial charge >= 0.3 is 0 Å². The summed E-state index contributed by atoms with van der Waals surface area (Å²) in [5.41, 5.74) is 3.35. The number of aromatic nitrogens is 4. The third-order valence-electron chi connectivity index (χ3n) is 10.9. The zero-order valence-electron chi connectivity index (χ0n) is 28.6. The molecule has 10 heteroatoms. The molecule has 5 aromatic rings. The van der Waals surface area contributed by atoms with E-state index < -0.39 is 5.60 Å². The van der Waals surface area contributed by atoms with Crippen LogP contribution in [0.15, 0.2) is 71.8 Å². The third kappa shape index (κ3) is 6.02. The maximum atomic E-state index is 12.8. The highest BCUT2D eigenvalue weighted by atomic mass is 16.5. The molecule has 0 saturated carbocycles. The Bertz CT molecular complexity index is 2040. The van der Waals surface area contributed by atoms with Gasteiger partial charge in [0, 0.05) is 80.6 Å². The first-order chi connectivity index (χ1) is 23.8. The van der Waals surface area contributed by atoms with Crippen LogP contribution in [0, 0.1) is 12.3 Å². The fourth-order valence-corrected chi connectivity index (χ4v) is 7.78. The predicted molar refractivity (Wildman–Crippen MR) is 195 cm³/mol. The van der Waals surface area contributed by atoms with Crippen LogP contribution in [0.5, 0.6) is 0 Å². The predicted octanol–water partition coefficient (Wildman–Crippen LogP) is 4.41. The number of H-pyrrole nitrogens is 1. The lowest BCUT2D eigenvalue weighted by atomic mass is 9.87. The highest BCUT2D eigenvalue weighted by Gasteiger charge is 2.39. The molecule has 0 radical (unpaired) electrons. The van der Waals surface area contributed by atoms with Crippen molar-refractivity contribution in [3.63, 3.8) is 0 Å². The molecule has 0 spiro atoms. The minimum atomic E-state index is -1.23. The molecule has 49 heavy (non-hydrogen) atoms. The van der Waals surface area contributed by atoms with Crippen molar-refractivity contribution in [1.82, 2.24) is 29.7 Å². The van der Waals surface area contributed by atoms with E-state index >= 15 is 0 Å². The number of aryl methyl sites for hydroxylation is 1. The number of nitrogens with one attached hydrogen (secondary N) is 2. The molecule has 2 fully saturated rings. The van der Waals surface area contributed by atoms with Gasteiger partial charge < -0.3 is 34.5 Å². The van der Waals surface area contributed by atoms with Crippen LogP contribution >= 0.6 is 0 Å². The second-order valence-electron chi connectivity index (χ2n) is 13.8. The number of methoxy groups -OCH3 is 1. The molecule has 3 aromatic heterocycles. The monoisotopic (exact) mass is 659 g/mol. The number of hydrogen-bond donors (Lipinski definition) is 3. The van der Waals surface area contributed by atoms with Crippen LogP contribution in [0.2, 0.25) is 0 Å². The number of benzene rings is 2. The summed E-state index contributed by atoms with van der Waals surface area (Å²) in [4.78, 5) is 31.2. The fraction of sp³-hybridized carbons (Fsp3) is 0.410. The van der Waals surface area contributed by atoms with Gasteiger partial charge in [-0.2, -0.15) is 0 Å². The Morgan fingerprint density at radius 1 is 1.08 bits per heavy atom. The minimum absolute atomic E-state index is 0.0828. The molecule has 0 bridgehead atoms. The molecule has 10 nitrogen and oxygen atoms in total. The Labute approximate surface area is 287 Å². The van der Waals surface area contributed by atoms with Crippen LogP contribution in [-0.4, -0.2) is 87.5 Å². The molecule has 0 unspecified atom stereocenters. The van der Waals surface area contributed by atoms with E-state index in [0.717, 1.165) is 84.8 Å². The van der Waals surface area contributed by atoms with Crippen molar-refractivity contribution in [2.45, 2.75) is 49.8 Å². The molecule has 3 N–H and O–H groups in total. The normalized spacial score (nSPS) is 18.5. The zero-order chi connectivity index (χ0) is 34.2. The van der Waals surface area contributed by atoms with Crippen molar-refractivity contribution in [2.24, 2.45) is 7.05 Å². The lowest BCUT2D eigenvalue weighted by Crippen LogP contribution is -2.55. The van der Waals surface area contributed by atoms with Gasteiger partial charge in [0.15, 0.2) is 5.60 Å². The SMILES string of the molecule is C#CCNC1(C)CCN(C2CCN(c3nc([C@@](CO)(OC)c4ccccc4)c4cc(-c5cn(C)c(=O)c6[nH]ccc56)ccc4n3)CC2)CC1. The van der Waals surface area contributed by atoms with Gasteiger partial charge in [-0.3, -0.25) is 4.79 Å². The number of likely N-dealkylation sites (tertiary alicyclic amines) is 1. The molecule has 2 saturated heterocycles. The van der Waals surface area contributed by atoms with Crippen molar-refractivity contribution < 1.29 is 9.84 Å². The van der Waals surface area contributed by atoms with E-state index in [4.69, 9.17) is 21.1 Å². The number of hydrogen-bond acceptors (Lipinski definition) is 8. The Morgan fingerprint density at radius 2 is 1.84 bits per heavy atom. The van der Waals surface area contributed by atoms with Crippen LogP contribution in [0.4, 0.5) is 5.95 Å². The van der Waals surface area contributed by atoms with Gasteiger partial charge in [-0.15, -0.1) is 6.42 Å². The largest absolute Gasteiger partial charge is 0.393 e. The van der Waals surface area contributed by atoms with E-state index in [1.807, 2.05) is 54.7 Å². The van der Waals surface area contributed by atoms with Gasteiger partial charge in [0.05, 0.1) is 24.4 Å². The van der Waals surface area contributed by atoms with Gasteiger partial charge in [-0.1, -0.05) is 42.3 Å². The number of aromatic amines is 1. The van der Waals surface area contributed by atoms with Gasteiger partial charge in [-0.05, 0) is 61.9 Å². The summed E-state index contributed by atoms with van der Waals surface area (Å²) in [6, 6.07) is 18.3. The summed E-state index contributed by atoms with van der Waals surface area (Å²) in [5, 5.41) is 16.3. The van der Waals surface area contributed by atoms with Crippen LogP contribution in [0.25, 0.3) is 32.9 Å². The topological polar surface area (TPSA) is 112 Å². The first-order valence-electron chi connectivity index (χ1n) is 17.2. The average molecular weight is 660 g/mol. The Balaban J connectivity index is 1.25. The summed E-state index contributed by atoms with van der Waals surface area (Å²) in [5.74, 6) is 3.36. The average Bonchev–Trinajstić information content (AvgIpc) is 3.64. The Morgan fingerprint density at radius 3 is 2.53 bits per heavy atom. The molecule has 0 aliphatic carbocycles. The van der Waals surface area contributed by atoms with Crippen molar-refractivity contribution in [3.8, 4) is 23.5 Å². The number of anilines is 1. The summed E-state index contributed by atoms with van der Waals surface area (Å²) >= 11 is 0. The summed E-state index contributed by atoms with van der Waals surface area (Å²) in [7, 11) is 3.38. The maximum absolute atomic E-state index is 12.8. The molecule has 7 rings (SSSR count). The van der Waals surface area contributed by atoms with Crippen LogP contribution < -0.4 is 15.8 Å². The van der Waals surface area contributed by atoms with E-state index in [1.165, 1.54) is 0 Å². The van der Waals surface area contributed by atoms with Crippen LogP contribution in [-0.2, 0) is 17.4 Å². The number of pyridine rings is 1. The van der Waals surface area contributed by atoms with E-state index in [2.05, 4.69) is 39.0 Å². The second-order valence-corrected chi connectivity index (χ2v) is 13.8. The minimum Gasteiger partial charge on any atom is -0.393 e. The fourth-order valence-electron chi connectivity index (χ4n) is 7.78. The number of fused-ring (bicyclic) bond motifs is 2. The number of aliphatic hydroxyl groups is 1. The second kappa shape index (κ2) is 13.4. The van der Waals surface area contributed by atoms with Gasteiger partial charge in [0.2, 0.25) is 5.95 Å². The number of aliphatic hydroxyl groups excluding tert-OH is 1. The molecular formula is C39H45N7O3. The molecule has 0 amide bonds. The number of terminal acetylenes is 1. The van der Waals surface area contributed by atoms with Gasteiger partial charge in [0.1, 0.15) is 5.52 Å². The van der Waals surface area contributed by atoms with Crippen molar-refractivity contribution in [3.05, 3.63) is 88.6 Å². The first-order valence-corrected chi connectivity index (χ1v) is 17.2. The quantitative estimate of drug-likeness (QED) is 0.200. The number of nitrogens with zero attached hydrogens (tertiary/aromatic N) is 5. The van der Waals surface area contributed by atoms with Crippen LogP contribution in [0.1, 0.15) is 43.9 Å². The molecule has 5 heterocycles. The lowest BCUT2D eigenvalue weighted by molar-refractivity contribution is -0.0262. The molecule has 2 aromatic carbocycles. The third-order valence-corrected chi connectivity index (χ3v) is 10.9. The summed E-state index contributed by atoms with van der Waals surface area (Å²) in [6.07, 6.45) is 13.4. The summed E-state index contributed by atoms with van der Waals surface area (Å²) < 4.78 is 7.85. The highest BCUT2D eigenvalue weighted by Crippen LogP contribution is 2.39. The molecule has 2 aliphatic rings. The molecule has 2 aliphatic heterocycles. The van der Waals surface area contributed by atoms with Crippen molar-refractivity contribution in [2.75, 3.05) is 51.3 Å². The van der Waals surface area contributed by atoms with Crippen molar-refractivity contribution >= 4 is 27.8 Å². The van der Waals surface area contributed by atoms with Crippen molar-refractivity contribution in [1.29, 1.82) is 0 Å². The smallest absolute Gasteiger partial charge is 0.274 e. The molecular weight excluding hydrogens is 614 g/mol. The van der Waals surface area contributed by atoms with E-state index in [-0.39, 0.29) is 17.7 Å². The van der Waals surface area contributed by atoms with Gasteiger partial charge in [-0.25, -0.2) is 9.97 Å². The summed E-state index contributed by atoms with van der Waals surface area (Å²) in [6.45, 7) is 6.39. The first kappa shape index (κ1) is 33.0. The van der Waals surface area contributed by atoms with E-state index in [9.17, 15) is 9.90 Å². The lowest BCUT2D eigenvalue weighted by Gasteiger charge is -2.45. The highest BCUT2D eigenvalue weighted by molar-refractivity contribution is 5.97.